The summed E-state index contributed by atoms with van der Waals surface area (Å²) < 4.78 is 5.32. The maximum absolute atomic E-state index is 10.2. The molecule has 0 aliphatic heterocycles. The summed E-state index contributed by atoms with van der Waals surface area (Å²) >= 11 is 0. The highest BCUT2D eigenvalue weighted by Crippen LogP contribution is 2.22. The van der Waals surface area contributed by atoms with Crippen molar-refractivity contribution in [2.45, 2.75) is 39.2 Å². The third kappa shape index (κ3) is 3.77. The number of aromatic nitrogens is 1. The molecule has 18 heavy (non-hydrogen) atoms. The second kappa shape index (κ2) is 6.44. The first kappa shape index (κ1) is 14.6. The number of hydrogen-bond acceptors (Lipinski definition) is 5. The first-order chi connectivity index (χ1) is 8.54. The Balaban J connectivity index is 2.70. The topological polar surface area (TPSA) is 80.4 Å². The largest absolute Gasteiger partial charge is 0.476 e. The summed E-state index contributed by atoms with van der Waals surface area (Å²) in [4.78, 5) is 4.26. The fourth-order valence-corrected chi connectivity index (χ4v) is 1.56. The molecule has 102 valence electrons. The summed E-state index contributed by atoms with van der Waals surface area (Å²) in [5.74, 6) is 1.09. The lowest BCUT2D eigenvalue weighted by Crippen LogP contribution is -2.35. The van der Waals surface area contributed by atoms with E-state index < -0.39 is 5.60 Å². The van der Waals surface area contributed by atoms with E-state index in [0.717, 1.165) is 0 Å². The smallest absolute Gasteiger partial charge is 0.239 e. The number of hydrogen-bond donors (Lipinski definition) is 3. The average Bonchev–Trinajstić information content (AvgIpc) is 2.39. The molecule has 0 bridgehead atoms. The first-order valence-electron chi connectivity index (χ1n) is 6.40. The maximum atomic E-state index is 10.2. The molecule has 0 fully saturated rings. The van der Waals surface area contributed by atoms with Gasteiger partial charge in [0.25, 0.3) is 0 Å². The van der Waals surface area contributed by atoms with Crippen LogP contribution in [0.25, 0.3) is 0 Å². The Labute approximate surface area is 108 Å². The normalized spacial score (nSPS) is 11.3. The van der Waals surface area contributed by atoms with E-state index in [-0.39, 0.29) is 0 Å². The van der Waals surface area contributed by atoms with Crippen molar-refractivity contribution in [3.05, 3.63) is 12.1 Å². The van der Waals surface area contributed by atoms with Crippen LogP contribution in [0.15, 0.2) is 12.1 Å². The molecule has 0 saturated carbocycles. The van der Waals surface area contributed by atoms with Crippen LogP contribution in [-0.2, 0) is 0 Å². The van der Waals surface area contributed by atoms with Crippen LogP contribution in [0.4, 0.5) is 11.5 Å². The molecule has 1 aromatic rings. The van der Waals surface area contributed by atoms with E-state index >= 15 is 0 Å². The van der Waals surface area contributed by atoms with Gasteiger partial charge in [-0.25, -0.2) is 0 Å². The van der Waals surface area contributed by atoms with Crippen molar-refractivity contribution in [3.8, 4) is 5.88 Å². The maximum Gasteiger partial charge on any atom is 0.239 e. The summed E-state index contributed by atoms with van der Waals surface area (Å²) in [6, 6.07) is 3.53. The molecule has 1 heterocycles. The van der Waals surface area contributed by atoms with Gasteiger partial charge in [-0.15, -0.1) is 0 Å². The number of nitrogens with two attached hydrogens (primary N) is 1. The monoisotopic (exact) mass is 253 g/mol. The highest BCUT2D eigenvalue weighted by atomic mass is 16.5. The molecule has 5 nitrogen and oxygen atoms in total. The van der Waals surface area contributed by atoms with Gasteiger partial charge in [-0.1, -0.05) is 13.8 Å². The highest BCUT2D eigenvalue weighted by molar-refractivity contribution is 5.53. The Morgan fingerprint density at radius 2 is 2.00 bits per heavy atom. The third-order valence-corrected chi connectivity index (χ3v) is 3.09. The van der Waals surface area contributed by atoms with Crippen molar-refractivity contribution < 1.29 is 9.84 Å². The molecule has 0 atom stereocenters. The van der Waals surface area contributed by atoms with Crippen molar-refractivity contribution in [1.29, 1.82) is 0 Å². The van der Waals surface area contributed by atoms with Gasteiger partial charge in [-0.2, -0.15) is 4.98 Å². The number of aliphatic hydroxyl groups is 1. The van der Waals surface area contributed by atoms with Crippen molar-refractivity contribution in [2.24, 2.45) is 0 Å². The molecule has 0 radical (unpaired) electrons. The van der Waals surface area contributed by atoms with Gasteiger partial charge in [-0.05, 0) is 31.9 Å². The van der Waals surface area contributed by atoms with E-state index in [1.165, 1.54) is 0 Å². The Bertz CT molecular complexity index is 378. The summed E-state index contributed by atoms with van der Waals surface area (Å²) in [7, 11) is 0. The highest BCUT2D eigenvalue weighted by Gasteiger charge is 2.21. The van der Waals surface area contributed by atoms with E-state index in [9.17, 15) is 5.11 Å². The average molecular weight is 253 g/mol. The summed E-state index contributed by atoms with van der Waals surface area (Å²) in [6.45, 7) is 6.80. The molecule has 1 aromatic heterocycles. The van der Waals surface area contributed by atoms with E-state index in [1.807, 2.05) is 20.8 Å². The van der Waals surface area contributed by atoms with Gasteiger partial charge in [0.15, 0.2) is 0 Å². The number of nitrogens with zero attached hydrogens (tertiary/aromatic N) is 1. The Morgan fingerprint density at radius 3 is 2.56 bits per heavy atom. The van der Waals surface area contributed by atoms with Crippen LogP contribution in [0, 0.1) is 0 Å². The van der Waals surface area contributed by atoms with E-state index in [4.69, 9.17) is 10.5 Å². The molecule has 0 saturated heterocycles. The van der Waals surface area contributed by atoms with E-state index in [2.05, 4.69) is 10.3 Å². The molecule has 0 spiro atoms. The van der Waals surface area contributed by atoms with Crippen LogP contribution >= 0.6 is 0 Å². The molecule has 0 unspecified atom stereocenters. The minimum atomic E-state index is -0.700. The van der Waals surface area contributed by atoms with Crippen LogP contribution in [0.2, 0.25) is 0 Å². The van der Waals surface area contributed by atoms with Crippen molar-refractivity contribution in [2.75, 3.05) is 24.2 Å². The predicted octanol–water partition coefficient (Wildman–Crippen LogP) is 2.03. The van der Waals surface area contributed by atoms with Gasteiger partial charge in [0.05, 0.1) is 17.9 Å². The van der Waals surface area contributed by atoms with Gasteiger partial charge in [0.1, 0.15) is 5.82 Å². The van der Waals surface area contributed by atoms with Crippen molar-refractivity contribution in [1.82, 2.24) is 4.98 Å². The van der Waals surface area contributed by atoms with Gasteiger partial charge < -0.3 is 20.9 Å². The Kier molecular flexibility index (Phi) is 5.22. The molecule has 0 aliphatic rings. The van der Waals surface area contributed by atoms with E-state index in [1.54, 1.807) is 12.1 Å². The second-order valence-corrected chi connectivity index (χ2v) is 4.31. The quantitative estimate of drug-likeness (QED) is 0.692. The lowest BCUT2D eigenvalue weighted by molar-refractivity contribution is 0.0456. The zero-order valence-electron chi connectivity index (χ0n) is 11.4. The zero-order valence-corrected chi connectivity index (χ0v) is 11.4. The molecular weight excluding hydrogens is 230 g/mol. The third-order valence-electron chi connectivity index (χ3n) is 3.09. The summed E-state index contributed by atoms with van der Waals surface area (Å²) in [5, 5.41) is 13.3. The van der Waals surface area contributed by atoms with Gasteiger partial charge in [0.2, 0.25) is 5.88 Å². The van der Waals surface area contributed by atoms with Crippen LogP contribution in [0.3, 0.4) is 0 Å². The Hall–Kier alpha value is -1.49. The SMILES string of the molecule is CCOc1nc(NCC(O)(CC)CC)ccc1N. The molecule has 0 aliphatic carbocycles. The fraction of sp³-hybridized carbons (Fsp3) is 0.615. The minimum absolute atomic E-state index is 0.430. The number of nitrogen functional groups attached to an aromatic ring is 1. The first-order valence-corrected chi connectivity index (χ1v) is 6.40. The number of pyridine rings is 1. The predicted molar refractivity (Wildman–Crippen MR) is 73.8 cm³/mol. The number of ether oxygens (including phenoxy) is 1. The number of anilines is 2. The standard InChI is InChI=1S/C13H23N3O2/c1-4-13(17,5-2)9-15-11-8-7-10(14)12(16-11)18-6-3/h7-8,17H,4-6,9,14H2,1-3H3,(H,15,16). The molecule has 5 heteroatoms. The molecular formula is C13H23N3O2. The van der Waals surface area contributed by atoms with Crippen LogP contribution in [0.1, 0.15) is 33.6 Å². The van der Waals surface area contributed by atoms with Gasteiger partial charge in [0, 0.05) is 6.54 Å². The number of rotatable bonds is 7. The second-order valence-electron chi connectivity index (χ2n) is 4.31. The molecule has 0 aromatic carbocycles. The minimum Gasteiger partial charge on any atom is -0.476 e. The lowest BCUT2D eigenvalue weighted by Gasteiger charge is -2.25. The summed E-state index contributed by atoms with van der Waals surface area (Å²) in [6.07, 6.45) is 1.40. The van der Waals surface area contributed by atoms with Crippen LogP contribution in [0.5, 0.6) is 5.88 Å². The lowest BCUT2D eigenvalue weighted by atomic mass is 9.98. The number of nitrogens with one attached hydrogen (secondary N) is 1. The van der Waals surface area contributed by atoms with Gasteiger partial charge >= 0.3 is 0 Å². The Morgan fingerprint density at radius 1 is 1.33 bits per heavy atom. The van der Waals surface area contributed by atoms with Crippen LogP contribution in [-0.4, -0.2) is 28.8 Å². The fourth-order valence-electron chi connectivity index (χ4n) is 1.56. The van der Waals surface area contributed by atoms with Gasteiger partial charge in [-0.3, -0.25) is 0 Å². The van der Waals surface area contributed by atoms with E-state index in [0.29, 0.717) is 43.4 Å². The van der Waals surface area contributed by atoms with Crippen LogP contribution < -0.4 is 15.8 Å². The van der Waals surface area contributed by atoms with Crippen molar-refractivity contribution in [3.63, 3.8) is 0 Å². The zero-order chi connectivity index (χ0) is 13.6. The molecule has 1 rings (SSSR count). The molecule has 0 amide bonds. The summed E-state index contributed by atoms with van der Waals surface area (Å²) in [5.41, 5.74) is 5.56. The molecule has 4 N–H and O–H groups in total. The van der Waals surface area contributed by atoms with Crippen molar-refractivity contribution >= 4 is 11.5 Å².